The van der Waals surface area contributed by atoms with E-state index >= 15 is 0 Å². The van der Waals surface area contributed by atoms with Gasteiger partial charge in [-0.3, -0.25) is 4.79 Å². The van der Waals surface area contributed by atoms with Crippen LogP contribution < -0.4 is 11.1 Å². The van der Waals surface area contributed by atoms with Gasteiger partial charge in [-0.15, -0.1) is 12.4 Å². The molecule has 0 aliphatic carbocycles. The summed E-state index contributed by atoms with van der Waals surface area (Å²) in [7, 11) is 0. The second kappa shape index (κ2) is 12.4. The van der Waals surface area contributed by atoms with Crippen molar-refractivity contribution in [2.45, 2.75) is 6.92 Å². The lowest BCUT2D eigenvalue weighted by Gasteiger charge is -2.06. The van der Waals surface area contributed by atoms with E-state index in [2.05, 4.69) is 11.9 Å². The van der Waals surface area contributed by atoms with E-state index in [-0.39, 0.29) is 18.3 Å². The van der Waals surface area contributed by atoms with Crippen molar-refractivity contribution in [1.29, 1.82) is 0 Å². The molecule has 0 aromatic heterocycles. The third-order valence-corrected chi connectivity index (χ3v) is 1.55. The molecule has 0 spiro atoms. The molecule has 96 valence electrons. The van der Waals surface area contributed by atoms with Gasteiger partial charge >= 0.3 is 0 Å². The van der Waals surface area contributed by atoms with Gasteiger partial charge < -0.3 is 20.5 Å². The van der Waals surface area contributed by atoms with E-state index in [1.54, 1.807) is 6.92 Å². The SMILES string of the molecule is C=C(C)C(=O)NCCOCCOCCN.Cl. The lowest BCUT2D eigenvalue weighted by atomic mass is 10.3. The van der Waals surface area contributed by atoms with Crippen LogP contribution in [-0.2, 0) is 14.3 Å². The normalized spacial score (nSPS) is 9.38. The maximum absolute atomic E-state index is 11.0. The van der Waals surface area contributed by atoms with Crippen molar-refractivity contribution < 1.29 is 14.3 Å². The highest BCUT2D eigenvalue weighted by Crippen LogP contribution is 1.84. The Morgan fingerprint density at radius 3 is 2.31 bits per heavy atom. The maximum atomic E-state index is 11.0. The molecule has 0 aliphatic rings. The fraction of sp³-hybridized carbons (Fsp3) is 0.700. The van der Waals surface area contributed by atoms with Crippen molar-refractivity contribution >= 4 is 18.3 Å². The Morgan fingerprint density at radius 2 is 1.81 bits per heavy atom. The lowest BCUT2D eigenvalue weighted by molar-refractivity contribution is -0.117. The maximum Gasteiger partial charge on any atom is 0.246 e. The first kappa shape index (κ1) is 17.8. The molecule has 0 aromatic carbocycles. The monoisotopic (exact) mass is 252 g/mol. The highest BCUT2D eigenvalue weighted by molar-refractivity contribution is 5.92. The Hall–Kier alpha value is -0.620. The molecule has 0 aliphatic heterocycles. The van der Waals surface area contributed by atoms with Crippen LogP contribution in [0.5, 0.6) is 0 Å². The van der Waals surface area contributed by atoms with Gasteiger partial charge in [0, 0.05) is 18.7 Å². The van der Waals surface area contributed by atoms with Gasteiger partial charge in [0.15, 0.2) is 0 Å². The Morgan fingerprint density at radius 1 is 1.25 bits per heavy atom. The molecule has 0 aromatic rings. The van der Waals surface area contributed by atoms with Gasteiger partial charge in [0.05, 0.1) is 26.4 Å². The van der Waals surface area contributed by atoms with Crippen LogP contribution in [0.4, 0.5) is 0 Å². The predicted molar refractivity (Wildman–Crippen MR) is 65.8 cm³/mol. The molecule has 16 heavy (non-hydrogen) atoms. The Kier molecular flexibility index (Phi) is 13.8. The zero-order valence-corrected chi connectivity index (χ0v) is 10.5. The van der Waals surface area contributed by atoms with E-state index in [0.717, 1.165) is 0 Å². The van der Waals surface area contributed by atoms with Crippen LogP contribution >= 0.6 is 12.4 Å². The molecule has 0 radical (unpaired) electrons. The summed E-state index contributed by atoms with van der Waals surface area (Å²) in [6.45, 7) is 8.27. The molecule has 3 N–H and O–H groups in total. The third kappa shape index (κ3) is 11.5. The molecule has 0 saturated carbocycles. The second-order valence-electron chi connectivity index (χ2n) is 3.05. The van der Waals surface area contributed by atoms with Crippen LogP contribution in [0.25, 0.3) is 0 Å². The van der Waals surface area contributed by atoms with E-state index in [0.29, 0.717) is 45.1 Å². The minimum absolute atomic E-state index is 0. The van der Waals surface area contributed by atoms with Crippen LogP contribution in [0.1, 0.15) is 6.92 Å². The number of halogens is 1. The summed E-state index contributed by atoms with van der Waals surface area (Å²) in [4.78, 5) is 11.0. The van der Waals surface area contributed by atoms with Gasteiger partial charge in [0.25, 0.3) is 0 Å². The zero-order chi connectivity index (χ0) is 11.5. The quantitative estimate of drug-likeness (QED) is 0.451. The average Bonchev–Trinajstić information content (AvgIpc) is 2.21. The van der Waals surface area contributed by atoms with Crippen LogP contribution in [0.2, 0.25) is 0 Å². The first-order valence-corrected chi connectivity index (χ1v) is 4.97. The lowest BCUT2D eigenvalue weighted by Crippen LogP contribution is -2.27. The molecule has 5 nitrogen and oxygen atoms in total. The van der Waals surface area contributed by atoms with E-state index in [9.17, 15) is 4.79 Å². The summed E-state index contributed by atoms with van der Waals surface area (Å²) in [5.74, 6) is -0.141. The third-order valence-electron chi connectivity index (χ3n) is 1.55. The standard InChI is InChI=1S/C10H20N2O3.ClH/c1-9(2)10(13)12-4-6-15-8-7-14-5-3-11;/h1,3-8,11H2,2H3,(H,12,13);1H. The van der Waals surface area contributed by atoms with Gasteiger partial charge in [-0.2, -0.15) is 0 Å². The van der Waals surface area contributed by atoms with Crippen LogP contribution in [-0.4, -0.2) is 45.4 Å². The fourth-order valence-corrected chi connectivity index (χ4v) is 0.793. The van der Waals surface area contributed by atoms with Crippen molar-refractivity contribution in [2.75, 3.05) is 39.5 Å². The summed E-state index contributed by atoms with van der Waals surface area (Å²) in [5.41, 5.74) is 5.73. The van der Waals surface area contributed by atoms with E-state index in [1.165, 1.54) is 0 Å². The number of rotatable bonds is 9. The summed E-state index contributed by atoms with van der Waals surface area (Å²) >= 11 is 0. The van der Waals surface area contributed by atoms with Gasteiger partial charge in [-0.05, 0) is 6.92 Å². The first-order chi connectivity index (χ1) is 7.18. The Bertz CT molecular complexity index is 201. The summed E-state index contributed by atoms with van der Waals surface area (Å²) in [6, 6.07) is 0. The van der Waals surface area contributed by atoms with Crippen molar-refractivity contribution in [2.24, 2.45) is 5.73 Å². The zero-order valence-electron chi connectivity index (χ0n) is 9.66. The fourth-order valence-electron chi connectivity index (χ4n) is 0.793. The molecule has 0 atom stereocenters. The van der Waals surface area contributed by atoms with Gasteiger partial charge in [0.1, 0.15) is 0 Å². The van der Waals surface area contributed by atoms with Crippen LogP contribution in [0, 0.1) is 0 Å². The molecule has 6 heteroatoms. The molecule has 0 unspecified atom stereocenters. The number of nitrogens with two attached hydrogens (primary N) is 1. The minimum atomic E-state index is -0.141. The van der Waals surface area contributed by atoms with Crippen molar-refractivity contribution in [3.05, 3.63) is 12.2 Å². The number of ether oxygens (including phenoxy) is 2. The van der Waals surface area contributed by atoms with Crippen LogP contribution in [0.3, 0.4) is 0 Å². The number of carbonyl (C=O) groups excluding carboxylic acids is 1. The van der Waals surface area contributed by atoms with E-state index in [1.807, 2.05) is 0 Å². The number of hydrogen-bond donors (Lipinski definition) is 2. The molecule has 0 saturated heterocycles. The molecule has 0 bridgehead atoms. The topological polar surface area (TPSA) is 73.6 Å². The summed E-state index contributed by atoms with van der Waals surface area (Å²) in [6.07, 6.45) is 0. The number of carbonyl (C=O) groups is 1. The number of hydrogen-bond acceptors (Lipinski definition) is 4. The Balaban J connectivity index is 0. The molecular weight excluding hydrogens is 232 g/mol. The summed E-state index contributed by atoms with van der Waals surface area (Å²) < 4.78 is 10.3. The van der Waals surface area contributed by atoms with Gasteiger partial charge in [-0.25, -0.2) is 0 Å². The molecular formula is C10H21ClN2O3. The number of amides is 1. The highest BCUT2D eigenvalue weighted by Gasteiger charge is 1.98. The Labute approximate surface area is 103 Å². The first-order valence-electron chi connectivity index (χ1n) is 4.97. The largest absolute Gasteiger partial charge is 0.378 e. The predicted octanol–water partition coefficient (Wildman–Crippen LogP) is 0.0924. The van der Waals surface area contributed by atoms with Crippen molar-refractivity contribution in [3.63, 3.8) is 0 Å². The van der Waals surface area contributed by atoms with Crippen molar-refractivity contribution in [1.82, 2.24) is 5.32 Å². The number of nitrogens with one attached hydrogen (secondary N) is 1. The second-order valence-corrected chi connectivity index (χ2v) is 3.05. The van der Waals surface area contributed by atoms with E-state index in [4.69, 9.17) is 15.2 Å². The summed E-state index contributed by atoms with van der Waals surface area (Å²) in [5, 5.41) is 2.66. The molecule has 0 heterocycles. The van der Waals surface area contributed by atoms with Gasteiger partial charge in [0.2, 0.25) is 5.91 Å². The van der Waals surface area contributed by atoms with Crippen molar-refractivity contribution in [3.8, 4) is 0 Å². The van der Waals surface area contributed by atoms with E-state index < -0.39 is 0 Å². The van der Waals surface area contributed by atoms with Gasteiger partial charge in [-0.1, -0.05) is 6.58 Å². The molecule has 0 fully saturated rings. The highest BCUT2D eigenvalue weighted by atomic mass is 35.5. The average molecular weight is 253 g/mol. The van der Waals surface area contributed by atoms with Crippen LogP contribution in [0.15, 0.2) is 12.2 Å². The molecule has 0 rings (SSSR count). The molecule has 1 amide bonds. The minimum Gasteiger partial charge on any atom is -0.378 e. The smallest absolute Gasteiger partial charge is 0.246 e.